The lowest BCUT2D eigenvalue weighted by Crippen LogP contribution is -2.61. The summed E-state index contributed by atoms with van der Waals surface area (Å²) >= 11 is 13.3. The number of piperazine rings is 1. The van der Waals surface area contributed by atoms with Crippen molar-refractivity contribution in [3.05, 3.63) is 63.3 Å². The van der Waals surface area contributed by atoms with Crippen LogP contribution in [0.15, 0.2) is 41.3 Å². The summed E-state index contributed by atoms with van der Waals surface area (Å²) < 4.78 is 68.6. The van der Waals surface area contributed by atoms with Crippen LogP contribution in [0.25, 0.3) is 10.9 Å². The summed E-state index contributed by atoms with van der Waals surface area (Å²) in [7, 11) is -4.27. The first-order valence-electron chi connectivity index (χ1n) is 17.6. The number of rotatable bonds is 12. The Bertz CT molecular complexity index is 1990. The highest BCUT2D eigenvalue weighted by Crippen LogP contribution is 2.37. The van der Waals surface area contributed by atoms with Gasteiger partial charge in [0.05, 0.1) is 5.02 Å². The molecule has 1 aromatic heterocycles. The Morgan fingerprint density at radius 2 is 1.67 bits per heavy atom. The van der Waals surface area contributed by atoms with E-state index in [1.165, 1.54) is 12.1 Å². The van der Waals surface area contributed by atoms with Crippen molar-refractivity contribution in [2.45, 2.75) is 88.1 Å². The largest absolute Gasteiger partial charge is 0.490 e. The average Bonchev–Trinajstić information content (AvgIpc) is 3.59. The summed E-state index contributed by atoms with van der Waals surface area (Å²) in [4.78, 5) is 43.5. The molecule has 1 saturated heterocycles. The van der Waals surface area contributed by atoms with Gasteiger partial charge in [0.25, 0.3) is 0 Å². The van der Waals surface area contributed by atoms with Crippen LogP contribution in [0.2, 0.25) is 10.0 Å². The summed E-state index contributed by atoms with van der Waals surface area (Å²) in [5.41, 5.74) is 13.2. The third kappa shape index (κ3) is 11.0. The molecule has 0 spiro atoms. The molecule has 13 nitrogen and oxygen atoms in total. The quantitative estimate of drug-likeness (QED) is 0.191. The number of hydrogen-bond acceptors (Lipinski definition) is 9. The standard InChI is InChI=1S/C34H44Cl2N6O5S.C2HF3O2/c1-22-19-23(2)39-32-25(22)8-5-9-28(32)47-21-26-27(35)10-11-29(31(26)36)48(45,46)40-34(12-3-4-13-34)33(44)42-17-15-41(16-18-42)30(43)20-24(38)7-6-14-37;3-2(4,5)1(6)7/h5,8-11,19,24,40H,3-4,6-7,12-18,20-21,37-38H2,1-2H3;(H,6,7)/t24-;/m0./s1. The van der Waals surface area contributed by atoms with E-state index in [1.54, 1.807) is 15.9 Å². The molecule has 19 heteroatoms. The first kappa shape index (κ1) is 44.0. The van der Waals surface area contributed by atoms with Gasteiger partial charge in [-0.2, -0.15) is 17.9 Å². The molecule has 0 unspecified atom stereocenters. The number of aryl methyl sites for hydroxylation is 2. The zero-order valence-corrected chi connectivity index (χ0v) is 32.8. The van der Waals surface area contributed by atoms with Gasteiger partial charge in [0.15, 0.2) is 0 Å². The Kier molecular flexibility index (Phi) is 14.8. The molecule has 6 N–H and O–H groups in total. The van der Waals surface area contributed by atoms with Crippen LogP contribution in [-0.2, 0) is 31.0 Å². The first-order valence-corrected chi connectivity index (χ1v) is 19.9. The molecule has 55 heavy (non-hydrogen) atoms. The third-order valence-corrected chi connectivity index (χ3v) is 12.0. The van der Waals surface area contributed by atoms with E-state index in [-0.39, 0.29) is 45.8 Å². The molecule has 0 bridgehead atoms. The maximum atomic E-state index is 14.0. The van der Waals surface area contributed by atoms with E-state index in [1.807, 2.05) is 32.0 Å². The van der Waals surface area contributed by atoms with Crippen LogP contribution in [0.4, 0.5) is 13.2 Å². The number of carbonyl (C=O) groups excluding carboxylic acids is 2. The van der Waals surface area contributed by atoms with Crippen molar-refractivity contribution in [3.63, 3.8) is 0 Å². The van der Waals surface area contributed by atoms with Crippen molar-refractivity contribution in [1.82, 2.24) is 19.5 Å². The number of aromatic nitrogens is 1. The van der Waals surface area contributed by atoms with E-state index < -0.39 is 27.7 Å². The van der Waals surface area contributed by atoms with Crippen molar-refractivity contribution in [3.8, 4) is 5.75 Å². The number of fused-ring (bicyclic) bond motifs is 1. The predicted octanol–water partition coefficient (Wildman–Crippen LogP) is 5.09. The number of aliphatic carboxylic acids is 1. The zero-order valence-electron chi connectivity index (χ0n) is 30.4. The molecular formula is C36H45Cl2F3N6O7S. The number of carboxylic acids is 1. The van der Waals surface area contributed by atoms with Gasteiger partial charge in [0.2, 0.25) is 21.8 Å². The zero-order chi connectivity index (χ0) is 40.7. The van der Waals surface area contributed by atoms with E-state index >= 15 is 0 Å². The summed E-state index contributed by atoms with van der Waals surface area (Å²) in [5.74, 6) is -2.59. The van der Waals surface area contributed by atoms with Gasteiger partial charge in [-0.05, 0) is 75.9 Å². The van der Waals surface area contributed by atoms with Gasteiger partial charge < -0.3 is 31.1 Å². The molecule has 1 atom stereocenters. The second kappa shape index (κ2) is 18.5. The maximum absolute atomic E-state index is 14.0. The van der Waals surface area contributed by atoms with Crippen LogP contribution in [0.5, 0.6) is 5.75 Å². The van der Waals surface area contributed by atoms with Gasteiger partial charge in [0, 0.05) is 60.3 Å². The molecule has 2 heterocycles. The number of pyridine rings is 1. The number of sulfonamides is 1. The number of halogens is 5. The van der Waals surface area contributed by atoms with Crippen LogP contribution in [0.3, 0.4) is 0 Å². The molecule has 1 saturated carbocycles. The van der Waals surface area contributed by atoms with Gasteiger partial charge in [-0.1, -0.05) is 48.2 Å². The Labute approximate surface area is 327 Å². The van der Waals surface area contributed by atoms with Gasteiger partial charge in [-0.25, -0.2) is 18.2 Å². The SMILES string of the molecule is Cc1cc(C)c2cccc(OCc3c(Cl)ccc(S(=O)(=O)NC4(C(=O)N5CCN(C(=O)C[C@@H](N)CCCN)CC5)CCCC4)c3Cl)c2n1.O=C(O)C(F)(F)F. The number of nitrogens with one attached hydrogen (secondary N) is 1. The lowest BCUT2D eigenvalue weighted by Gasteiger charge is -2.40. The second-order valence-electron chi connectivity index (χ2n) is 13.6. The average molecular weight is 834 g/mol. The number of ether oxygens (including phenoxy) is 1. The Hall–Kier alpha value is -3.74. The molecule has 302 valence electrons. The van der Waals surface area contributed by atoms with Crippen molar-refractivity contribution in [2.24, 2.45) is 11.5 Å². The molecule has 3 aromatic rings. The van der Waals surface area contributed by atoms with Gasteiger partial charge >= 0.3 is 12.1 Å². The van der Waals surface area contributed by atoms with Gasteiger partial charge in [-0.3, -0.25) is 9.59 Å². The summed E-state index contributed by atoms with van der Waals surface area (Å²) in [6.45, 7) is 5.65. The van der Waals surface area contributed by atoms with Crippen LogP contribution in [0.1, 0.15) is 61.8 Å². The van der Waals surface area contributed by atoms with Crippen LogP contribution in [-0.4, -0.2) is 96.6 Å². The number of nitrogens with zero attached hydrogens (tertiary/aromatic N) is 3. The number of amides is 2. The number of carbonyl (C=O) groups is 3. The Morgan fingerprint density at radius 3 is 2.27 bits per heavy atom. The maximum Gasteiger partial charge on any atom is 0.490 e. The monoisotopic (exact) mass is 832 g/mol. The molecule has 5 rings (SSSR count). The molecule has 2 fully saturated rings. The van der Waals surface area contributed by atoms with Crippen LogP contribution >= 0.6 is 23.2 Å². The van der Waals surface area contributed by atoms with Crippen LogP contribution < -0.4 is 20.9 Å². The minimum Gasteiger partial charge on any atom is -0.487 e. The lowest BCUT2D eigenvalue weighted by atomic mass is 9.96. The highest BCUT2D eigenvalue weighted by atomic mass is 35.5. The first-order chi connectivity index (χ1) is 25.8. The van der Waals surface area contributed by atoms with E-state index in [2.05, 4.69) is 9.71 Å². The predicted molar refractivity (Wildman–Crippen MR) is 201 cm³/mol. The minimum absolute atomic E-state index is 0.0537. The lowest BCUT2D eigenvalue weighted by molar-refractivity contribution is -0.192. The summed E-state index contributed by atoms with van der Waals surface area (Å²) in [6, 6.07) is 10.2. The summed E-state index contributed by atoms with van der Waals surface area (Å²) in [5, 5.41) is 8.24. The van der Waals surface area contributed by atoms with Crippen molar-refractivity contribution in [1.29, 1.82) is 0 Å². The normalized spacial score (nSPS) is 16.4. The van der Waals surface area contributed by atoms with E-state index in [4.69, 9.17) is 49.3 Å². The fourth-order valence-corrected chi connectivity index (χ4v) is 8.99. The number of hydrogen-bond donors (Lipinski definition) is 4. The second-order valence-corrected chi connectivity index (χ2v) is 16.1. The molecule has 2 aromatic carbocycles. The molecule has 1 aliphatic heterocycles. The molecule has 0 radical (unpaired) electrons. The number of para-hydroxylation sites is 1. The number of carboxylic acid groups (broad SMARTS) is 1. The van der Waals surface area contributed by atoms with Crippen molar-refractivity contribution in [2.75, 3.05) is 32.7 Å². The van der Waals surface area contributed by atoms with E-state index in [9.17, 15) is 31.2 Å². The Balaban J connectivity index is 0.000000876. The Morgan fingerprint density at radius 1 is 1.05 bits per heavy atom. The molecule has 1 aliphatic carbocycles. The molecule has 2 aliphatic rings. The van der Waals surface area contributed by atoms with Gasteiger partial charge in [-0.15, -0.1) is 0 Å². The van der Waals surface area contributed by atoms with Crippen molar-refractivity contribution < 1.29 is 45.8 Å². The molecular weight excluding hydrogens is 788 g/mol. The number of benzene rings is 2. The molecule has 2 amide bonds. The van der Waals surface area contributed by atoms with Crippen LogP contribution in [0, 0.1) is 13.8 Å². The highest BCUT2D eigenvalue weighted by molar-refractivity contribution is 7.89. The summed E-state index contributed by atoms with van der Waals surface area (Å²) in [6.07, 6.45) is -1.32. The fraction of sp³-hybridized carbons (Fsp3) is 0.500. The highest BCUT2D eigenvalue weighted by Gasteiger charge is 2.47. The van der Waals surface area contributed by atoms with Gasteiger partial charge in [0.1, 0.15) is 28.3 Å². The van der Waals surface area contributed by atoms with E-state index in [0.717, 1.165) is 23.1 Å². The third-order valence-electron chi connectivity index (χ3n) is 9.52. The number of alkyl halides is 3. The number of nitrogens with two attached hydrogens (primary N) is 2. The smallest absolute Gasteiger partial charge is 0.487 e. The fourth-order valence-electron chi connectivity index (χ4n) is 6.69. The van der Waals surface area contributed by atoms with Crippen molar-refractivity contribution >= 4 is 61.9 Å². The van der Waals surface area contributed by atoms with E-state index in [0.29, 0.717) is 81.7 Å². The minimum atomic E-state index is -5.08. The topological polar surface area (TPSA) is 198 Å².